The molecule has 0 aliphatic carbocycles. The predicted octanol–water partition coefficient (Wildman–Crippen LogP) is 11.3. The zero-order valence-electron chi connectivity index (χ0n) is 29.6. The van der Waals surface area contributed by atoms with Crippen LogP contribution in [0.15, 0.2) is 176 Å². The van der Waals surface area contributed by atoms with Crippen molar-refractivity contribution in [3.8, 4) is 67.5 Å². The lowest BCUT2D eigenvalue weighted by atomic mass is 9.94. The summed E-state index contributed by atoms with van der Waals surface area (Å²) in [5.74, 6) is 2.01. The van der Waals surface area contributed by atoms with Gasteiger partial charge in [-0.05, 0) is 77.4 Å². The molecule has 0 unspecified atom stereocenters. The number of hydrogen-bond acceptors (Lipinski definition) is 3. The summed E-state index contributed by atoms with van der Waals surface area (Å²) in [4.78, 5) is 16.1. The third-order valence-electron chi connectivity index (χ3n) is 10.9. The van der Waals surface area contributed by atoms with Gasteiger partial charge >= 0.3 is 0 Å². The molecule has 8 aromatic carbocycles. The number of fused-ring (bicyclic) bond motifs is 5. The highest BCUT2D eigenvalue weighted by atomic mass is 28.3. The Balaban J connectivity index is 1.25. The molecule has 0 saturated carbocycles. The summed E-state index contributed by atoms with van der Waals surface area (Å²) in [5.41, 5.74) is 10.1. The van der Waals surface area contributed by atoms with Crippen LogP contribution in [0.2, 0.25) is 13.1 Å². The number of nitrogens with zero attached hydrogens (tertiary/aromatic N) is 3. The maximum atomic E-state index is 5.41. The molecule has 0 bridgehead atoms. The molecule has 0 atom stereocenters. The third kappa shape index (κ3) is 5.14. The van der Waals surface area contributed by atoms with Crippen LogP contribution in [0.4, 0.5) is 0 Å². The molecule has 1 aliphatic rings. The molecule has 1 aliphatic heterocycles. The second-order valence-electron chi connectivity index (χ2n) is 14.4. The normalized spacial score (nSPS) is 12.9. The van der Waals surface area contributed by atoms with Crippen LogP contribution >= 0.6 is 0 Å². The Labute approximate surface area is 310 Å². The van der Waals surface area contributed by atoms with Crippen molar-refractivity contribution in [3.63, 3.8) is 0 Å². The Kier molecular flexibility index (Phi) is 7.27. The first kappa shape index (κ1) is 31.3. The molecule has 53 heavy (non-hydrogen) atoms. The van der Waals surface area contributed by atoms with Crippen LogP contribution in [0.25, 0.3) is 89.1 Å². The molecular weight excluding hydrogens is 659 g/mol. The van der Waals surface area contributed by atoms with Gasteiger partial charge in [0.05, 0.1) is 0 Å². The lowest BCUT2D eigenvalue weighted by molar-refractivity contribution is 1.08. The van der Waals surface area contributed by atoms with Crippen LogP contribution in [0.3, 0.4) is 0 Å². The van der Waals surface area contributed by atoms with Gasteiger partial charge in [0, 0.05) is 16.7 Å². The van der Waals surface area contributed by atoms with E-state index in [9.17, 15) is 0 Å². The van der Waals surface area contributed by atoms with Crippen molar-refractivity contribution >= 4 is 40.0 Å². The molecule has 2 heterocycles. The minimum absolute atomic E-state index is 0.659. The maximum absolute atomic E-state index is 5.41. The molecule has 0 spiro atoms. The van der Waals surface area contributed by atoms with Crippen LogP contribution < -0.4 is 10.4 Å². The van der Waals surface area contributed by atoms with E-state index in [4.69, 9.17) is 15.0 Å². The first-order chi connectivity index (χ1) is 26.0. The van der Waals surface area contributed by atoms with E-state index in [1.165, 1.54) is 48.8 Å². The smallest absolute Gasteiger partial charge is 0.164 e. The minimum Gasteiger partial charge on any atom is -0.208 e. The fourth-order valence-corrected chi connectivity index (χ4v) is 11.4. The molecule has 10 rings (SSSR count). The summed E-state index contributed by atoms with van der Waals surface area (Å²) >= 11 is 0. The molecule has 0 saturated heterocycles. The van der Waals surface area contributed by atoms with Crippen molar-refractivity contribution in [2.75, 3.05) is 0 Å². The lowest BCUT2D eigenvalue weighted by Gasteiger charge is -2.19. The average molecular weight is 694 g/mol. The number of hydrogen-bond donors (Lipinski definition) is 0. The average Bonchev–Trinajstić information content (AvgIpc) is 3.45. The molecule has 0 fully saturated rings. The molecule has 4 heteroatoms. The second kappa shape index (κ2) is 12.3. The van der Waals surface area contributed by atoms with E-state index in [0.717, 1.165) is 33.2 Å². The van der Waals surface area contributed by atoms with Crippen molar-refractivity contribution in [2.24, 2.45) is 0 Å². The highest BCUT2D eigenvalue weighted by molar-refractivity contribution is 7.04. The molecule has 1 aromatic heterocycles. The van der Waals surface area contributed by atoms with Crippen molar-refractivity contribution < 1.29 is 0 Å². The van der Waals surface area contributed by atoms with E-state index in [2.05, 4.69) is 189 Å². The van der Waals surface area contributed by atoms with E-state index in [1.54, 1.807) is 0 Å². The van der Waals surface area contributed by atoms with Crippen molar-refractivity contribution in [3.05, 3.63) is 176 Å². The van der Waals surface area contributed by atoms with Crippen LogP contribution in [-0.2, 0) is 0 Å². The molecular formula is C49H35N3Si. The Bertz CT molecular complexity index is 2860. The predicted molar refractivity (Wildman–Crippen MR) is 224 cm³/mol. The molecule has 0 amide bonds. The van der Waals surface area contributed by atoms with Gasteiger partial charge in [-0.3, -0.25) is 0 Å². The lowest BCUT2D eigenvalue weighted by Crippen LogP contribution is -2.49. The minimum atomic E-state index is -2.02. The van der Waals surface area contributed by atoms with Crippen LogP contribution in [0.1, 0.15) is 0 Å². The summed E-state index contributed by atoms with van der Waals surface area (Å²) in [6.45, 7) is 4.94. The first-order valence-corrected chi connectivity index (χ1v) is 21.2. The van der Waals surface area contributed by atoms with Crippen molar-refractivity contribution in [1.29, 1.82) is 0 Å². The number of benzene rings is 8. The maximum Gasteiger partial charge on any atom is 0.164 e. The molecule has 0 radical (unpaired) electrons. The monoisotopic (exact) mass is 693 g/mol. The van der Waals surface area contributed by atoms with Gasteiger partial charge in [0.2, 0.25) is 0 Å². The zero-order chi connectivity index (χ0) is 35.5. The van der Waals surface area contributed by atoms with E-state index >= 15 is 0 Å². The van der Waals surface area contributed by atoms with Gasteiger partial charge in [-0.25, -0.2) is 15.0 Å². The summed E-state index contributed by atoms with van der Waals surface area (Å²) in [6, 6.07) is 62.8. The van der Waals surface area contributed by atoms with Crippen LogP contribution in [0, 0.1) is 0 Å². The van der Waals surface area contributed by atoms with Gasteiger partial charge < -0.3 is 0 Å². The number of rotatable bonds is 5. The summed E-state index contributed by atoms with van der Waals surface area (Å²) in [5, 5.41) is 7.69. The highest BCUT2D eigenvalue weighted by Gasteiger charge is 2.39. The summed E-state index contributed by atoms with van der Waals surface area (Å²) in [7, 11) is -2.02. The van der Waals surface area contributed by atoms with Gasteiger partial charge in [0.25, 0.3) is 0 Å². The Morgan fingerprint density at radius 2 is 0.830 bits per heavy atom. The Morgan fingerprint density at radius 3 is 1.53 bits per heavy atom. The quantitative estimate of drug-likeness (QED) is 0.168. The molecule has 9 aromatic rings. The Hall–Kier alpha value is -6.49. The fourth-order valence-electron chi connectivity index (χ4n) is 8.31. The topological polar surface area (TPSA) is 38.7 Å². The second-order valence-corrected chi connectivity index (χ2v) is 18.7. The van der Waals surface area contributed by atoms with E-state index in [-0.39, 0.29) is 0 Å². The van der Waals surface area contributed by atoms with Gasteiger partial charge in [-0.2, -0.15) is 0 Å². The summed E-state index contributed by atoms with van der Waals surface area (Å²) in [6.07, 6.45) is 0. The fraction of sp³-hybridized carbons (Fsp3) is 0.0408. The number of aromatic nitrogens is 3. The molecule has 250 valence electrons. The SMILES string of the molecule is C[Si]1(C)c2cc3ccccc3cc2-c2c(-c3nc(-c4ccccc4-c4ccccc4)nc(-c4ccc(-c5ccccc5)c5ccccc45)n3)cccc21. The zero-order valence-corrected chi connectivity index (χ0v) is 30.6. The van der Waals surface area contributed by atoms with Gasteiger partial charge in [0.15, 0.2) is 17.5 Å². The van der Waals surface area contributed by atoms with E-state index < -0.39 is 8.07 Å². The van der Waals surface area contributed by atoms with E-state index in [0.29, 0.717) is 17.5 Å². The molecule has 0 N–H and O–H groups in total. The van der Waals surface area contributed by atoms with Crippen LogP contribution in [0.5, 0.6) is 0 Å². The standard InChI is InChI=1S/C49H35N3Si/c1-53(2)44-27-15-26-42(46(44)43-30-34-20-9-10-21-35(34)31-45(43)53)49-51-47(40-25-14-11-22-36(40)32-16-5-3-6-17-32)50-48(52-49)41-29-28-37(33-18-7-4-8-19-33)38-23-12-13-24-39(38)41/h3-31H,1-2H3. The van der Waals surface area contributed by atoms with Crippen molar-refractivity contribution in [2.45, 2.75) is 13.1 Å². The highest BCUT2D eigenvalue weighted by Crippen LogP contribution is 2.40. The van der Waals surface area contributed by atoms with Crippen molar-refractivity contribution in [1.82, 2.24) is 15.0 Å². The van der Waals surface area contributed by atoms with Gasteiger partial charge in [-0.15, -0.1) is 0 Å². The van der Waals surface area contributed by atoms with Crippen LogP contribution in [-0.4, -0.2) is 23.0 Å². The Morgan fingerprint density at radius 1 is 0.340 bits per heavy atom. The van der Waals surface area contributed by atoms with Gasteiger partial charge in [-0.1, -0.05) is 177 Å². The largest absolute Gasteiger partial charge is 0.208 e. The molecule has 3 nitrogen and oxygen atoms in total. The summed E-state index contributed by atoms with van der Waals surface area (Å²) < 4.78 is 0. The van der Waals surface area contributed by atoms with Gasteiger partial charge in [0.1, 0.15) is 8.07 Å². The van der Waals surface area contributed by atoms with E-state index in [1.807, 2.05) is 0 Å². The third-order valence-corrected chi connectivity index (χ3v) is 14.5. The first-order valence-electron chi connectivity index (χ1n) is 18.2.